The molecule has 2 aromatic rings. The number of hydrogen-bond donors (Lipinski definition) is 1. The van der Waals surface area contributed by atoms with Crippen LogP contribution in [0.1, 0.15) is 28.5 Å². The number of nitrogens with zero attached hydrogens (tertiary/aromatic N) is 1. The topological polar surface area (TPSA) is 42.4 Å². The molecule has 1 aromatic heterocycles. The molecule has 0 aliphatic heterocycles. The number of aliphatic hydroxyl groups excluding tert-OH is 1. The van der Waals surface area contributed by atoms with Gasteiger partial charge in [0.15, 0.2) is 0 Å². The predicted molar refractivity (Wildman–Crippen MR) is 70.8 cm³/mol. The highest BCUT2D eigenvalue weighted by Gasteiger charge is 2.15. The summed E-state index contributed by atoms with van der Waals surface area (Å²) in [5, 5.41) is 10.4. The zero-order chi connectivity index (χ0) is 13.1. The molecule has 1 atom stereocenters. The van der Waals surface area contributed by atoms with Crippen LogP contribution >= 0.6 is 0 Å². The van der Waals surface area contributed by atoms with E-state index in [1.54, 1.807) is 13.3 Å². The smallest absolute Gasteiger partial charge is 0.122 e. The second-order valence-corrected chi connectivity index (χ2v) is 4.34. The molecule has 2 rings (SSSR count). The number of rotatable bonds is 3. The van der Waals surface area contributed by atoms with Crippen LogP contribution in [0, 0.1) is 13.8 Å². The summed E-state index contributed by atoms with van der Waals surface area (Å²) in [6.07, 6.45) is 0.986. The molecule has 1 aromatic carbocycles. The third-order valence-electron chi connectivity index (χ3n) is 3.05. The Hall–Kier alpha value is -1.87. The average Bonchev–Trinajstić information content (AvgIpc) is 2.41. The van der Waals surface area contributed by atoms with E-state index in [-0.39, 0.29) is 0 Å². The van der Waals surface area contributed by atoms with Crippen molar-refractivity contribution in [3.63, 3.8) is 0 Å². The minimum absolute atomic E-state index is 0.658. The largest absolute Gasteiger partial charge is 0.496 e. The highest BCUT2D eigenvalue weighted by Crippen LogP contribution is 2.29. The molecule has 0 saturated carbocycles. The van der Waals surface area contributed by atoms with Gasteiger partial charge in [-0.2, -0.15) is 0 Å². The quantitative estimate of drug-likeness (QED) is 0.901. The summed E-state index contributed by atoms with van der Waals surface area (Å²) in [4.78, 5) is 4.19. The first-order valence-corrected chi connectivity index (χ1v) is 5.87. The van der Waals surface area contributed by atoms with E-state index in [4.69, 9.17) is 4.74 Å². The molecule has 1 heterocycles. The molecule has 0 spiro atoms. The van der Waals surface area contributed by atoms with Gasteiger partial charge in [0, 0.05) is 6.20 Å². The van der Waals surface area contributed by atoms with Crippen LogP contribution in [0.5, 0.6) is 5.75 Å². The normalized spacial score (nSPS) is 12.2. The van der Waals surface area contributed by atoms with Crippen molar-refractivity contribution in [2.24, 2.45) is 0 Å². The second-order valence-electron chi connectivity index (χ2n) is 4.34. The maximum atomic E-state index is 10.4. The van der Waals surface area contributed by atoms with Crippen LogP contribution in [0.15, 0.2) is 36.5 Å². The molecule has 0 aliphatic rings. The summed E-state index contributed by atoms with van der Waals surface area (Å²) >= 11 is 0. The average molecular weight is 243 g/mol. The van der Waals surface area contributed by atoms with E-state index >= 15 is 0 Å². The van der Waals surface area contributed by atoms with Crippen molar-refractivity contribution in [1.29, 1.82) is 0 Å². The first-order valence-electron chi connectivity index (χ1n) is 5.87. The van der Waals surface area contributed by atoms with E-state index in [9.17, 15) is 5.11 Å². The van der Waals surface area contributed by atoms with Crippen molar-refractivity contribution >= 4 is 0 Å². The first kappa shape index (κ1) is 12.6. The van der Waals surface area contributed by atoms with Crippen molar-refractivity contribution in [3.05, 3.63) is 58.9 Å². The highest BCUT2D eigenvalue weighted by atomic mass is 16.5. The van der Waals surface area contributed by atoms with E-state index in [2.05, 4.69) is 4.98 Å². The summed E-state index contributed by atoms with van der Waals surface area (Å²) in [7, 11) is 1.65. The highest BCUT2D eigenvalue weighted by molar-refractivity contribution is 5.44. The molecule has 0 fully saturated rings. The van der Waals surface area contributed by atoms with E-state index in [0.717, 1.165) is 22.4 Å². The van der Waals surface area contributed by atoms with E-state index in [1.807, 2.05) is 44.2 Å². The lowest BCUT2D eigenvalue weighted by atomic mass is 9.98. The molecular weight excluding hydrogens is 226 g/mol. The molecule has 3 heteroatoms. The molecule has 0 saturated heterocycles. The Morgan fingerprint density at radius 1 is 1.17 bits per heavy atom. The lowest BCUT2D eigenvalue weighted by Crippen LogP contribution is -2.05. The number of pyridine rings is 1. The number of aromatic nitrogens is 1. The van der Waals surface area contributed by atoms with Gasteiger partial charge >= 0.3 is 0 Å². The van der Waals surface area contributed by atoms with Crippen molar-refractivity contribution in [3.8, 4) is 5.75 Å². The Labute approximate surface area is 107 Å². The summed E-state index contributed by atoms with van der Waals surface area (Å²) < 4.78 is 5.27. The number of ether oxygens (including phenoxy) is 1. The molecule has 94 valence electrons. The predicted octanol–water partition coefficient (Wildman–Crippen LogP) is 2.79. The third-order valence-corrected chi connectivity index (χ3v) is 3.05. The van der Waals surface area contributed by atoms with Crippen molar-refractivity contribution in [2.75, 3.05) is 7.11 Å². The van der Waals surface area contributed by atoms with Crippen LogP contribution in [0.2, 0.25) is 0 Å². The summed E-state index contributed by atoms with van der Waals surface area (Å²) in [5.41, 5.74) is 3.53. The fourth-order valence-corrected chi connectivity index (χ4v) is 2.02. The van der Waals surface area contributed by atoms with E-state index < -0.39 is 6.10 Å². The standard InChI is InChI=1S/C15H17NO2/c1-10-9-14(18-3)11(2)8-12(10)15(17)13-6-4-5-7-16-13/h4-9,15,17H,1-3H3. The number of methoxy groups -OCH3 is 1. The fraction of sp³-hybridized carbons (Fsp3) is 0.267. The molecule has 1 unspecified atom stereocenters. The molecule has 3 nitrogen and oxygen atoms in total. The van der Waals surface area contributed by atoms with Gasteiger partial charge in [-0.25, -0.2) is 0 Å². The van der Waals surface area contributed by atoms with Gasteiger partial charge in [0.25, 0.3) is 0 Å². The van der Waals surface area contributed by atoms with Crippen LogP contribution in [0.25, 0.3) is 0 Å². The van der Waals surface area contributed by atoms with Crippen molar-refractivity contribution < 1.29 is 9.84 Å². The van der Waals surface area contributed by atoms with Gasteiger partial charge in [-0.1, -0.05) is 6.07 Å². The lowest BCUT2D eigenvalue weighted by Gasteiger charge is -2.16. The molecular formula is C15H17NO2. The molecule has 0 bridgehead atoms. The summed E-state index contributed by atoms with van der Waals surface area (Å²) in [6.45, 7) is 3.93. The first-order chi connectivity index (χ1) is 8.63. The van der Waals surface area contributed by atoms with Gasteiger partial charge in [0.05, 0.1) is 12.8 Å². The van der Waals surface area contributed by atoms with E-state index in [0.29, 0.717) is 5.69 Å². The maximum absolute atomic E-state index is 10.4. The minimum Gasteiger partial charge on any atom is -0.496 e. The van der Waals surface area contributed by atoms with Crippen molar-refractivity contribution in [1.82, 2.24) is 4.98 Å². The molecule has 0 aliphatic carbocycles. The van der Waals surface area contributed by atoms with Gasteiger partial charge < -0.3 is 9.84 Å². The fourth-order valence-electron chi connectivity index (χ4n) is 2.02. The van der Waals surface area contributed by atoms with Gasteiger partial charge in [0.1, 0.15) is 11.9 Å². The number of aryl methyl sites for hydroxylation is 2. The second kappa shape index (κ2) is 5.19. The van der Waals surface area contributed by atoms with Crippen LogP contribution in [-0.4, -0.2) is 17.2 Å². The van der Waals surface area contributed by atoms with Crippen LogP contribution in [0.4, 0.5) is 0 Å². The van der Waals surface area contributed by atoms with Crippen molar-refractivity contribution in [2.45, 2.75) is 20.0 Å². The Morgan fingerprint density at radius 3 is 2.56 bits per heavy atom. The van der Waals surface area contributed by atoms with Crippen LogP contribution in [0.3, 0.4) is 0 Å². The monoisotopic (exact) mass is 243 g/mol. The van der Waals surface area contributed by atoms with Gasteiger partial charge in [-0.15, -0.1) is 0 Å². The van der Waals surface area contributed by atoms with Gasteiger partial charge in [-0.05, 0) is 54.8 Å². The van der Waals surface area contributed by atoms with Crippen LogP contribution < -0.4 is 4.74 Å². The SMILES string of the molecule is COc1cc(C)c(C(O)c2ccccn2)cc1C. The number of benzene rings is 1. The van der Waals surface area contributed by atoms with Gasteiger partial charge in [-0.3, -0.25) is 4.98 Å². The third kappa shape index (κ3) is 2.36. The Balaban J connectivity index is 2.43. The number of aliphatic hydroxyl groups is 1. The molecule has 1 N–H and O–H groups in total. The zero-order valence-electron chi connectivity index (χ0n) is 10.8. The zero-order valence-corrected chi connectivity index (χ0v) is 10.8. The number of hydrogen-bond acceptors (Lipinski definition) is 3. The Morgan fingerprint density at radius 2 is 1.94 bits per heavy atom. The lowest BCUT2D eigenvalue weighted by molar-refractivity contribution is 0.214. The maximum Gasteiger partial charge on any atom is 0.122 e. The van der Waals surface area contributed by atoms with E-state index in [1.165, 1.54) is 0 Å². The molecule has 0 radical (unpaired) electrons. The minimum atomic E-state index is -0.698. The Kier molecular flexibility index (Phi) is 3.63. The summed E-state index contributed by atoms with van der Waals surface area (Å²) in [6, 6.07) is 9.42. The molecule has 18 heavy (non-hydrogen) atoms. The molecule has 0 amide bonds. The van der Waals surface area contributed by atoms with Crippen LogP contribution in [-0.2, 0) is 0 Å². The summed E-state index contributed by atoms with van der Waals surface area (Å²) in [5.74, 6) is 0.837. The van der Waals surface area contributed by atoms with Gasteiger partial charge in [0.2, 0.25) is 0 Å². The Bertz CT molecular complexity index is 538.